The number of esters is 4. The second-order valence-electron chi connectivity index (χ2n) is 27.2. The number of carbonyl (C=O) groups excluding carboxylic acids is 4. The Hall–Kier alpha value is -3.87. The molecular formula is C76H146N10O8. The van der Waals surface area contributed by atoms with E-state index in [1.54, 1.807) is 0 Å². The van der Waals surface area contributed by atoms with E-state index >= 15 is 0 Å². The third kappa shape index (κ3) is 55.2. The average Bonchev–Trinajstić information content (AvgIpc) is 0.971. The maximum atomic E-state index is 13.0. The third-order valence-electron chi connectivity index (χ3n) is 18.4. The molecule has 18 heteroatoms. The molecule has 0 amide bonds. The molecule has 1 saturated heterocycles. The number of rotatable bonds is 70. The van der Waals surface area contributed by atoms with Crippen LogP contribution in [0.2, 0.25) is 0 Å². The van der Waals surface area contributed by atoms with Gasteiger partial charge < -0.3 is 49.6 Å². The van der Waals surface area contributed by atoms with Crippen molar-refractivity contribution < 1.29 is 38.1 Å². The first-order valence-corrected chi connectivity index (χ1v) is 39.6. The van der Waals surface area contributed by atoms with E-state index in [1.165, 1.54) is 205 Å². The zero-order chi connectivity index (χ0) is 67.7. The molecule has 1 aliphatic rings. The number of aromatic nitrogens is 3. The molecule has 0 aliphatic carbocycles. The second-order valence-corrected chi connectivity index (χ2v) is 27.2. The fraction of sp³-hybridized carbons (Fsp3) is 0.908. The van der Waals surface area contributed by atoms with Crippen LogP contribution in [0.5, 0.6) is 0 Å². The van der Waals surface area contributed by atoms with Gasteiger partial charge in [0.2, 0.25) is 17.8 Å². The molecule has 94 heavy (non-hydrogen) atoms. The Kier molecular flexibility index (Phi) is 59.7. The highest BCUT2D eigenvalue weighted by molar-refractivity contribution is 5.71. The van der Waals surface area contributed by atoms with E-state index in [-0.39, 0.29) is 49.6 Å². The average molecular weight is 1330 g/mol. The molecule has 0 radical (unpaired) electrons. The highest BCUT2D eigenvalue weighted by atomic mass is 16.5. The van der Waals surface area contributed by atoms with Gasteiger partial charge in [-0.25, -0.2) is 0 Å². The van der Waals surface area contributed by atoms with E-state index in [0.717, 1.165) is 96.9 Å². The standard InChI is InChI=1S/C76H146N10O8/c1-6-10-14-18-22-26-30-34-38-42-66-91-70(87)48-57-84(58-49-71(88)92-67-43-39-35-31-27-23-19-15-11-7-2)55-46-52-77-74-80-75(82-76(81-74)79-54-61-86-64-62-83(5)63-65-86)78-53-47-56-85(59-50-72(89)93-68-44-40-36-32-28-24-20-16-12-8-3)60-51-73(90)94-69-45-41-37-33-29-25-21-17-13-9-4/h6-69H2,1-5H3,(H3,77,78,79,80,81,82). The van der Waals surface area contributed by atoms with E-state index in [0.29, 0.717) is 103 Å². The van der Waals surface area contributed by atoms with Gasteiger partial charge in [-0.2, -0.15) is 15.0 Å². The number of ether oxygens (including phenoxy) is 4. The summed E-state index contributed by atoms with van der Waals surface area (Å²) < 4.78 is 22.8. The van der Waals surface area contributed by atoms with Gasteiger partial charge in [0.15, 0.2) is 0 Å². The number of unbranched alkanes of at least 4 members (excludes halogenated alkanes) is 36. The smallest absolute Gasteiger partial charge is 0.307 e. The van der Waals surface area contributed by atoms with Crippen molar-refractivity contribution in [2.24, 2.45) is 0 Å². The van der Waals surface area contributed by atoms with Gasteiger partial charge in [-0.1, -0.05) is 259 Å². The second kappa shape index (κ2) is 65.1. The fourth-order valence-corrected chi connectivity index (χ4v) is 12.1. The Morgan fingerprint density at radius 2 is 0.553 bits per heavy atom. The van der Waals surface area contributed by atoms with E-state index < -0.39 is 0 Å². The number of nitrogens with zero attached hydrogens (tertiary/aromatic N) is 7. The lowest BCUT2D eigenvalue weighted by Crippen LogP contribution is -2.45. The molecule has 1 aromatic heterocycles. The summed E-state index contributed by atoms with van der Waals surface area (Å²) in [6.07, 6.45) is 51.6. The maximum Gasteiger partial charge on any atom is 0.307 e. The molecule has 1 aromatic rings. The summed E-state index contributed by atoms with van der Waals surface area (Å²) in [6.45, 7) is 20.9. The van der Waals surface area contributed by atoms with E-state index in [1.807, 2.05) is 0 Å². The van der Waals surface area contributed by atoms with Gasteiger partial charge >= 0.3 is 23.9 Å². The monoisotopic (exact) mass is 1330 g/mol. The van der Waals surface area contributed by atoms with Gasteiger partial charge in [0.05, 0.1) is 52.1 Å². The molecule has 0 unspecified atom stereocenters. The molecule has 2 rings (SSSR count). The Balaban J connectivity index is 2.04. The number of nitrogens with one attached hydrogen (secondary N) is 3. The van der Waals surface area contributed by atoms with E-state index in [9.17, 15) is 19.2 Å². The summed E-state index contributed by atoms with van der Waals surface area (Å²) in [5, 5.41) is 10.4. The normalized spacial score (nSPS) is 12.8. The van der Waals surface area contributed by atoms with Gasteiger partial charge in [-0.3, -0.25) is 24.1 Å². The topological polar surface area (TPSA) is 193 Å². The first kappa shape index (κ1) is 86.2. The summed E-state index contributed by atoms with van der Waals surface area (Å²) >= 11 is 0. The minimum absolute atomic E-state index is 0.197. The number of hydrogen-bond donors (Lipinski definition) is 3. The zero-order valence-electron chi connectivity index (χ0n) is 61.7. The molecular weight excluding hydrogens is 1180 g/mol. The summed E-state index contributed by atoms with van der Waals surface area (Å²) in [5.41, 5.74) is 0. The van der Waals surface area contributed by atoms with Crippen LogP contribution < -0.4 is 16.0 Å². The quantitative estimate of drug-likeness (QED) is 0.0316. The third-order valence-corrected chi connectivity index (χ3v) is 18.4. The first-order chi connectivity index (χ1) is 46.1. The lowest BCUT2D eigenvalue weighted by atomic mass is 10.1. The molecule has 3 N–H and O–H groups in total. The highest BCUT2D eigenvalue weighted by Gasteiger charge is 2.17. The summed E-state index contributed by atoms with van der Waals surface area (Å²) in [5.74, 6) is 0.598. The van der Waals surface area contributed by atoms with Gasteiger partial charge in [-0.15, -0.1) is 0 Å². The maximum absolute atomic E-state index is 13.0. The minimum Gasteiger partial charge on any atom is -0.466 e. The minimum atomic E-state index is -0.197. The van der Waals surface area contributed by atoms with Crippen molar-refractivity contribution in [2.45, 2.75) is 323 Å². The predicted molar refractivity (Wildman–Crippen MR) is 391 cm³/mol. The van der Waals surface area contributed by atoms with Crippen molar-refractivity contribution in [1.29, 1.82) is 0 Å². The molecule has 548 valence electrons. The lowest BCUT2D eigenvalue weighted by Gasteiger charge is -2.32. The van der Waals surface area contributed by atoms with Crippen LogP contribution >= 0.6 is 0 Å². The van der Waals surface area contributed by atoms with Crippen molar-refractivity contribution in [2.75, 3.05) is 141 Å². The number of carbonyl (C=O) groups is 4. The molecule has 0 bridgehead atoms. The molecule has 18 nitrogen and oxygen atoms in total. The summed E-state index contributed by atoms with van der Waals surface area (Å²) in [4.78, 5) is 75.7. The highest BCUT2D eigenvalue weighted by Crippen LogP contribution is 2.17. The Morgan fingerprint density at radius 1 is 0.319 bits per heavy atom. The molecule has 0 atom stereocenters. The Labute approximate surface area is 576 Å². The van der Waals surface area contributed by atoms with Gasteiger partial charge in [0.25, 0.3) is 0 Å². The van der Waals surface area contributed by atoms with Crippen LogP contribution in [0.3, 0.4) is 0 Å². The van der Waals surface area contributed by atoms with Crippen molar-refractivity contribution in [3.8, 4) is 0 Å². The molecule has 0 spiro atoms. The van der Waals surface area contributed by atoms with Crippen LogP contribution in [0.25, 0.3) is 0 Å². The van der Waals surface area contributed by atoms with Gasteiger partial charge in [0, 0.05) is 78.5 Å². The van der Waals surface area contributed by atoms with Crippen LogP contribution in [-0.4, -0.2) is 184 Å². The van der Waals surface area contributed by atoms with Gasteiger partial charge in [0.1, 0.15) is 0 Å². The van der Waals surface area contributed by atoms with E-state index in [4.69, 9.17) is 33.9 Å². The van der Waals surface area contributed by atoms with Crippen molar-refractivity contribution in [1.82, 2.24) is 34.6 Å². The van der Waals surface area contributed by atoms with Crippen LogP contribution in [0.1, 0.15) is 323 Å². The zero-order valence-corrected chi connectivity index (χ0v) is 61.7. The first-order valence-electron chi connectivity index (χ1n) is 39.6. The summed E-state index contributed by atoms with van der Waals surface area (Å²) in [6, 6.07) is 0. The lowest BCUT2D eigenvalue weighted by molar-refractivity contribution is -0.146. The van der Waals surface area contributed by atoms with Crippen LogP contribution in [0.4, 0.5) is 17.8 Å². The molecule has 1 fully saturated rings. The van der Waals surface area contributed by atoms with Crippen LogP contribution in [-0.2, 0) is 38.1 Å². The Morgan fingerprint density at radius 3 is 0.809 bits per heavy atom. The molecule has 0 aromatic carbocycles. The van der Waals surface area contributed by atoms with Crippen molar-refractivity contribution in [3.05, 3.63) is 0 Å². The number of hydrogen-bond acceptors (Lipinski definition) is 18. The van der Waals surface area contributed by atoms with Crippen molar-refractivity contribution in [3.63, 3.8) is 0 Å². The number of piperazine rings is 1. The molecule has 2 heterocycles. The van der Waals surface area contributed by atoms with Crippen molar-refractivity contribution >= 4 is 41.7 Å². The molecule has 0 saturated carbocycles. The van der Waals surface area contributed by atoms with E-state index in [2.05, 4.69) is 70.3 Å². The largest absolute Gasteiger partial charge is 0.466 e. The SMILES string of the molecule is CCCCCCCCCCCCOC(=O)CCN(CCCNc1nc(NCCCN(CCC(=O)OCCCCCCCCCCCC)CCC(=O)OCCCCCCCCCCCC)nc(NCCN2CCN(C)CC2)n1)CCC(=O)OCCCCCCCCCCCC. The van der Waals surface area contributed by atoms with Gasteiger partial charge in [-0.05, 0) is 58.7 Å². The molecule has 1 aliphatic heterocycles. The Bertz CT molecular complexity index is 1700. The number of likely N-dealkylation sites (N-methyl/N-ethyl adjacent to an activating group) is 1. The fourth-order valence-electron chi connectivity index (χ4n) is 12.1. The predicted octanol–water partition coefficient (Wildman–Crippen LogP) is 17.2. The van der Waals surface area contributed by atoms with Crippen LogP contribution in [0.15, 0.2) is 0 Å². The number of anilines is 3. The summed E-state index contributed by atoms with van der Waals surface area (Å²) in [7, 11) is 2.17. The van der Waals surface area contributed by atoms with Crippen LogP contribution in [0, 0.1) is 0 Å².